The quantitative estimate of drug-likeness (QED) is 0.607. The maximum Gasteiger partial charge on any atom is 0.246 e. The van der Waals surface area contributed by atoms with Crippen LogP contribution in [0.4, 0.5) is 0 Å². The summed E-state index contributed by atoms with van der Waals surface area (Å²) in [5.74, 6) is -0.123. The highest BCUT2D eigenvalue weighted by Crippen LogP contribution is 2.00. The summed E-state index contributed by atoms with van der Waals surface area (Å²) in [7, 11) is 0. The predicted octanol–water partition coefficient (Wildman–Crippen LogP) is 0.990. The zero-order valence-electron chi connectivity index (χ0n) is 10.2. The van der Waals surface area contributed by atoms with Crippen LogP contribution in [0.2, 0.25) is 0 Å². The van der Waals surface area contributed by atoms with Crippen molar-refractivity contribution in [2.24, 2.45) is 5.73 Å². The van der Waals surface area contributed by atoms with Crippen molar-refractivity contribution in [1.29, 1.82) is 0 Å². The summed E-state index contributed by atoms with van der Waals surface area (Å²) in [6.45, 7) is 5.52. The molecule has 16 heavy (non-hydrogen) atoms. The van der Waals surface area contributed by atoms with E-state index in [9.17, 15) is 4.79 Å². The fourth-order valence-corrected chi connectivity index (χ4v) is 1.18. The van der Waals surface area contributed by atoms with E-state index in [1.807, 2.05) is 19.1 Å². The molecule has 0 fully saturated rings. The van der Waals surface area contributed by atoms with Crippen LogP contribution in [-0.4, -0.2) is 32.2 Å². The van der Waals surface area contributed by atoms with Gasteiger partial charge in [-0.1, -0.05) is 25.2 Å². The molecule has 0 aliphatic carbocycles. The average Bonchev–Trinajstić information content (AvgIpc) is 2.27. The van der Waals surface area contributed by atoms with Gasteiger partial charge in [0.25, 0.3) is 0 Å². The van der Waals surface area contributed by atoms with Crippen molar-refractivity contribution in [2.45, 2.75) is 20.3 Å². The Morgan fingerprint density at radius 2 is 2.19 bits per heavy atom. The molecule has 0 saturated heterocycles. The number of amides is 1. The third-order valence-electron chi connectivity index (χ3n) is 1.82. The lowest BCUT2D eigenvalue weighted by Gasteiger charge is -2.05. The SMILES string of the molecule is C/C=C\C(=C/CC)COCC(=O)NCCN. The van der Waals surface area contributed by atoms with Gasteiger partial charge < -0.3 is 15.8 Å². The standard InChI is InChI=1S/C12H22N2O2/c1-3-5-11(6-4-2)9-16-10-12(15)14-8-7-13/h3,5-6H,4,7-10,13H2,1-2H3,(H,14,15)/b5-3-,11-6+. The summed E-state index contributed by atoms with van der Waals surface area (Å²) in [6.07, 6.45) is 6.99. The molecule has 0 aliphatic heterocycles. The number of hydrogen-bond acceptors (Lipinski definition) is 3. The van der Waals surface area contributed by atoms with Crippen LogP contribution in [0.1, 0.15) is 20.3 Å². The number of hydrogen-bond donors (Lipinski definition) is 2. The Bertz CT molecular complexity index is 247. The number of ether oxygens (including phenoxy) is 1. The van der Waals surface area contributed by atoms with Crippen molar-refractivity contribution in [2.75, 3.05) is 26.3 Å². The van der Waals surface area contributed by atoms with E-state index in [2.05, 4.69) is 18.3 Å². The van der Waals surface area contributed by atoms with E-state index in [0.29, 0.717) is 19.7 Å². The van der Waals surface area contributed by atoms with Crippen LogP contribution in [0.3, 0.4) is 0 Å². The third kappa shape index (κ3) is 8.20. The monoisotopic (exact) mass is 226 g/mol. The Balaban J connectivity index is 3.77. The Labute approximate surface area is 97.5 Å². The lowest BCUT2D eigenvalue weighted by molar-refractivity contribution is -0.125. The zero-order valence-corrected chi connectivity index (χ0v) is 10.2. The van der Waals surface area contributed by atoms with Crippen LogP contribution in [0.5, 0.6) is 0 Å². The van der Waals surface area contributed by atoms with Crippen molar-refractivity contribution in [3.8, 4) is 0 Å². The van der Waals surface area contributed by atoms with Gasteiger partial charge in [0.05, 0.1) is 6.61 Å². The summed E-state index contributed by atoms with van der Waals surface area (Å²) < 4.78 is 5.29. The van der Waals surface area contributed by atoms with Crippen LogP contribution in [0.15, 0.2) is 23.8 Å². The largest absolute Gasteiger partial charge is 0.367 e. The van der Waals surface area contributed by atoms with Crippen molar-refractivity contribution in [1.82, 2.24) is 5.32 Å². The number of carbonyl (C=O) groups is 1. The number of rotatable bonds is 8. The first-order chi connectivity index (χ1) is 7.74. The molecule has 0 aromatic carbocycles. The van der Waals surface area contributed by atoms with Crippen molar-refractivity contribution in [3.05, 3.63) is 23.8 Å². The van der Waals surface area contributed by atoms with E-state index in [0.717, 1.165) is 12.0 Å². The maximum atomic E-state index is 11.2. The molecular formula is C12H22N2O2. The molecule has 92 valence electrons. The molecule has 0 rings (SSSR count). The summed E-state index contributed by atoms with van der Waals surface area (Å²) in [6, 6.07) is 0. The van der Waals surface area contributed by atoms with Gasteiger partial charge in [0.15, 0.2) is 0 Å². The molecule has 0 unspecified atom stereocenters. The summed E-state index contributed by atoms with van der Waals surface area (Å²) in [5, 5.41) is 2.64. The lowest BCUT2D eigenvalue weighted by Crippen LogP contribution is -2.32. The van der Waals surface area contributed by atoms with Crippen LogP contribution < -0.4 is 11.1 Å². The first kappa shape index (κ1) is 14.9. The second kappa shape index (κ2) is 10.4. The molecule has 0 saturated carbocycles. The van der Waals surface area contributed by atoms with Gasteiger partial charge in [-0.05, 0) is 18.9 Å². The highest BCUT2D eigenvalue weighted by Gasteiger charge is 2.00. The molecule has 0 aromatic heterocycles. The minimum absolute atomic E-state index is 0.0820. The number of allylic oxidation sites excluding steroid dienone is 2. The molecule has 0 aromatic rings. The Morgan fingerprint density at radius 3 is 2.75 bits per heavy atom. The highest BCUT2D eigenvalue weighted by atomic mass is 16.5. The van der Waals surface area contributed by atoms with Gasteiger partial charge >= 0.3 is 0 Å². The Hall–Kier alpha value is -1.13. The van der Waals surface area contributed by atoms with Crippen molar-refractivity contribution < 1.29 is 9.53 Å². The van der Waals surface area contributed by atoms with E-state index < -0.39 is 0 Å². The Morgan fingerprint density at radius 1 is 1.44 bits per heavy atom. The first-order valence-corrected chi connectivity index (χ1v) is 5.60. The van der Waals surface area contributed by atoms with Crippen LogP contribution >= 0.6 is 0 Å². The zero-order chi connectivity index (χ0) is 12.2. The maximum absolute atomic E-state index is 11.2. The van der Waals surface area contributed by atoms with Gasteiger partial charge in [0.2, 0.25) is 5.91 Å². The molecule has 0 bridgehead atoms. The van der Waals surface area contributed by atoms with Crippen LogP contribution in [0, 0.1) is 0 Å². The summed E-state index contributed by atoms with van der Waals surface area (Å²) in [4.78, 5) is 11.2. The molecule has 3 N–H and O–H groups in total. The Kier molecular flexibility index (Phi) is 9.66. The molecule has 0 atom stereocenters. The topological polar surface area (TPSA) is 64.3 Å². The van der Waals surface area contributed by atoms with Gasteiger partial charge in [0.1, 0.15) is 6.61 Å². The first-order valence-electron chi connectivity index (χ1n) is 5.60. The van der Waals surface area contributed by atoms with Gasteiger partial charge in [-0.15, -0.1) is 0 Å². The van der Waals surface area contributed by atoms with Gasteiger partial charge in [-0.2, -0.15) is 0 Å². The van der Waals surface area contributed by atoms with Gasteiger partial charge in [-0.25, -0.2) is 0 Å². The predicted molar refractivity (Wildman–Crippen MR) is 66.1 cm³/mol. The fourth-order valence-electron chi connectivity index (χ4n) is 1.18. The fraction of sp³-hybridized carbons (Fsp3) is 0.583. The summed E-state index contributed by atoms with van der Waals surface area (Å²) in [5.41, 5.74) is 6.35. The average molecular weight is 226 g/mol. The molecule has 0 heterocycles. The third-order valence-corrected chi connectivity index (χ3v) is 1.82. The normalized spacial score (nSPS) is 12.1. The minimum atomic E-state index is -0.123. The summed E-state index contributed by atoms with van der Waals surface area (Å²) >= 11 is 0. The molecule has 0 aliphatic rings. The van der Waals surface area contributed by atoms with Gasteiger partial charge in [-0.3, -0.25) is 4.79 Å². The molecule has 0 radical (unpaired) electrons. The van der Waals surface area contributed by atoms with E-state index in [4.69, 9.17) is 10.5 Å². The van der Waals surface area contributed by atoms with Gasteiger partial charge in [0, 0.05) is 13.1 Å². The second-order valence-corrected chi connectivity index (χ2v) is 3.32. The molecule has 1 amide bonds. The van der Waals surface area contributed by atoms with E-state index in [1.54, 1.807) is 0 Å². The molecular weight excluding hydrogens is 204 g/mol. The van der Waals surface area contributed by atoms with Crippen molar-refractivity contribution in [3.63, 3.8) is 0 Å². The smallest absolute Gasteiger partial charge is 0.246 e. The van der Waals surface area contributed by atoms with Crippen LogP contribution in [0.25, 0.3) is 0 Å². The van der Waals surface area contributed by atoms with Crippen molar-refractivity contribution >= 4 is 5.91 Å². The molecule has 0 spiro atoms. The molecule has 4 nitrogen and oxygen atoms in total. The minimum Gasteiger partial charge on any atom is -0.367 e. The van der Waals surface area contributed by atoms with E-state index >= 15 is 0 Å². The van der Waals surface area contributed by atoms with E-state index in [-0.39, 0.29) is 12.5 Å². The second-order valence-electron chi connectivity index (χ2n) is 3.32. The number of nitrogens with one attached hydrogen (secondary N) is 1. The highest BCUT2D eigenvalue weighted by molar-refractivity contribution is 5.77. The lowest BCUT2D eigenvalue weighted by atomic mass is 10.2. The van der Waals surface area contributed by atoms with E-state index in [1.165, 1.54) is 0 Å². The molecule has 4 heteroatoms. The van der Waals surface area contributed by atoms with Crippen LogP contribution in [-0.2, 0) is 9.53 Å². The number of nitrogens with two attached hydrogens (primary N) is 1. The number of carbonyl (C=O) groups excluding carboxylic acids is 1.